The highest BCUT2D eigenvalue weighted by molar-refractivity contribution is 6.29. The first-order valence-corrected chi connectivity index (χ1v) is 7.73. The molecule has 1 aliphatic rings. The lowest BCUT2D eigenvalue weighted by atomic mass is 10.2. The van der Waals surface area contributed by atoms with Gasteiger partial charge >= 0.3 is 6.09 Å². The molecule has 1 aromatic rings. The summed E-state index contributed by atoms with van der Waals surface area (Å²) in [6, 6.07) is 1.54. The summed E-state index contributed by atoms with van der Waals surface area (Å²) in [4.78, 5) is 29.0. The number of nitrogens with one attached hydrogen (secondary N) is 1. The summed E-state index contributed by atoms with van der Waals surface area (Å²) in [7, 11) is 0. The lowest BCUT2D eigenvalue weighted by Gasteiger charge is -2.24. The zero-order valence-electron chi connectivity index (χ0n) is 13.4. The van der Waals surface area contributed by atoms with Crippen molar-refractivity contribution in [2.24, 2.45) is 5.73 Å². The Morgan fingerprint density at radius 1 is 1.48 bits per heavy atom. The minimum absolute atomic E-state index is 0.0147. The van der Waals surface area contributed by atoms with Gasteiger partial charge in [0.05, 0.1) is 11.3 Å². The van der Waals surface area contributed by atoms with Gasteiger partial charge in [-0.2, -0.15) is 0 Å². The third kappa shape index (κ3) is 4.72. The van der Waals surface area contributed by atoms with Crippen molar-refractivity contribution in [1.29, 1.82) is 0 Å². The largest absolute Gasteiger partial charge is 0.444 e. The van der Waals surface area contributed by atoms with Crippen LogP contribution < -0.4 is 11.1 Å². The number of hydrogen-bond acceptors (Lipinski definition) is 5. The van der Waals surface area contributed by atoms with Gasteiger partial charge in [-0.15, -0.1) is 0 Å². The van der Waals surface area contributed by atoms with Crippen molar-refractivity contribution in [1.82, 2.24) is 9.88 Å². The normalized spacial score (nSPS) is 17.9. The molecule has 0 unspecified atom stereocenters. The molecular weight excluding hydrogens is 320 g/mol. The topological polar surface area (TPSA) is 97.6 Å². The summed E-state index contributed by atoms with van der Waals surface area (Å²) >= 11 is 5.87. The fraction of sp³-hybridized carbons (Fsp3) is 0.533. The molecule has 7 nitrogen and oxygen atoms in total. The Balaban J connectivity index is 2.02. The highest BCUT2D eigenvalue weighted by Gasteiger charge is 2.30. The van der Waals surface area contributed by atoms with E-state index in [0.29, 0.717) is 18.8 Å². The van der Waals surface area contributed by atoms with Crippen LogP contribution in [-0.4, -0.2) is 46.6 Å². The summed E-state index contributed by atoms with van der Waals surface area (Å²) in [5.74, 6) is -0.585. The first-order chi connectivity index (χ1) is 10.7. The van der Waals surface area contributed by atoms with E-state index in [-0.39, 0.29) is 22.9 Å². The van der Waals surface area contributed by atoms with E-state index in [4.69, 9.17) is 22.1 Å². The first kappa shape index (κ1) is 17.3. The number of amides is 2. The summed E-state index contributed by atoms with van der Waals surface area (Å²) in [6.07, 6.45) is 1.73. The molecule has 1 aliphatic heterocycles. The predicted octanol–water partition coefficient (Wildman–Crippen LogP) is 2.26. The number of pyridine rings is 1. The number of carbonyl (C=O) groups is 2. The lowest BCUT2D eigenvalue weighted by Crippen LogP contribution is -2.36. The number of aromatic nitrogens is 1. The second-order valence-corrected chi connectivity index (χ2v) is 6.86. The Labute approximate surface area is 140 Å². The number of nitrogens with zero attached hydrogens (tertiary/aromatic N) is 2. The molecule has 1 aromatic heterocycles. The van der Waals surface area contributed by atoms with Gasteiger partial charge in [-0.1, -0.05) is 11.6 Å². The van der Waals surface area contributed by atoms with Crippen molar-refractivity contribution in [3.8, 4) is 0 Å². The summed E-state index contributed by atoms with van der Waals surface area (Å²) < 4.78 is 5.36. The molecule has 0 radical (unpaired) electrons. The summed E-state index contributed by atoms with van der Waals surface area (Å²) in [6.45, 7) is 6.54. The first-order valence-electron chi connectivity index (χ1n) is 7.35. The second-order valence-electron chi connectivity index (χ2n) is 6.47. The molecule has 2 heterocycles. The van der Waals surface area contributed by atoms with Crippen molar-refractivity contribution in [2.75, 3.05) is 18.4 Å². The Morgan fingerprint density at radius 2 is 2.17 bits per heavy atom. The maximum Gasteiger partial charge on any atom is 0.410 e. The van der Waals surface area contributed by atoms with E-state index in [1.54, 1.807) is 11.0 Å². The van der Waals surface area contributed by atoms with E-state index in [0.717, 1.165) is 6.42 Å². The molecule has 0 saturated carbocycles. The van der Waals surface area contributed by atoms with Crippen LogP contribution in [0.4, 0.5) is 10.5 Å². The molecule has 0 bridgehead atoms. The van der Waals surface area contributed by atoms with E-state index in [2.05, 4.69) is 10.3 Å². The van der Waals surface area contributed by atoms with Crippen molar-refractivity contribution in [3.05, 3.63) is 23.0 Å². The molecule has 0 aliphatic carbocycles. The zero-order chi connectivity index (χ0) is 17.2. The van der Waals surface area contributed by atoms with Crippen molar-refractivity contribution < 1.29 is 14.3 Å². The monoisotopic (exact) mass is 340 g/mol. The zero-order valence-corrected chi connectivity index (χ0v) is 14.2. The van der Waals surface area contributed by atoms with E-state index in [1.807, 2.05) is 20.8 Å². The molecular formula is C15H21ClN4O3. The van der Waals surface area contributed by atoms with Crippen LogP contribution >= 0.6 is 11.6 Å². The Kier molecular flexibility index (Phi) is 4.99. The van der Waals surface area contributed by atoms with Crippen molar-refractivity contribution in [3.63, 3.8) is 0 Å². The summed E-state index contributed by atoms with van der Waals surface area (Å²) in [5, 5.41) is 3.47. The molecule has 2 amide bonds. The van der Waals surface area contributed by atoms with Crippen LogP contribution in [0.25, 0.3) is 0 Å². The Bertz CT molecular complexity index is 615. The highest BCUT2D eigenvalue weighted by Crippen LogP contribution is 2.23. The molecule has 3 N–H and O–H groups in total. The smallest absolute Gasteiger partial charge is 0.410 e. The van der Waals surface area contributed by atoms with Gasteiger partial charge in [0.1, 0.15) is 10.8 Å². The number of rotatable bonds is 3. The van der Waals surface area contributed by atoms with Crippen LogP contribution in [0.15, 0.2) is 12.3 Å². The number of carbonyl (C=O) groups excluding carboxylic acids is 2. The molecule has 8 heteroatoms. The van der Waals surface area contributed by atoms with Crippen LogP contribution in [0.2, 0.25) is 5.15 Å². The molecule has 0 aromatic carbocycles. The van der Waals surface area contributed by atoms with Crippen LogP contribution in [0, 0.1) is 0 Å². The van der Waals surface area contributed by atoms with E-state index < -0.39 is 11.5 Å². The number of nitrogens with two attached hydrogens (primary N) is 1. The van der Waals surface area contributed by atoms with Gasteiger partial charge in [-0.25, -0.2) is 9.78 Å². The Hall–Kier alpha value is -2.02. The van der Waals surface area contributed by atoms with E-state index in [9.17, 15) is 9.59 Å². The average Bonchev–Trinajstić information content (AvgIpc) is 2.85. The quantitative estimate of drug-likeness (QED) is 0.822. The van der Waals surface area contributed by atoms with Gasteiger partial charge in [-0.3, -0.25) is 4.79 Å². The number of likely N-dealkylation sites (tertiary alicyclic amines) is 1. The van der Waals surface area contributed by atoms with Crippen LogP contribution in [0.3, 0.4) is 0 Å². The third-order valence-electron chi connectivity index (χ3n) is 3.34. The molecule has 2 rings (SSSR count). The number of hydrogen-bond donors (Lipinski definition) is 2. The van der Waals surface area contributed by atoms with Gasteiger partial charge in [-0.05, 0) is 33.3 Å². The highest BCUT2D eigenvalue weighted by atomic mass is 35.5. The maximum atomic E-state index is 12.1. The summed E-state index contributed by atoms with van der Waals surface area (Å²) in [5.41, 5.74) is 5.60. The number of anilines is 1. The number of primary amides is 1. The second kappa shape index (κ2) is 6.62. The van der Waals surface area contributed by atoms with Crippen LogP contribution in [-0.2, 0) is 4.74 Å². The number of ether oxygens (including phenoxy) is 1. The van der Waals surface area contributed by atoms with Gasteiger partial charge in [0.2, 0.25) is 0 Å². The van der Waals surface area contributed by atoms with Crippen LogP contribution in [0.1, 0.15) is 37.6 Å². The third-order valence-corrected chi connectivity index (χ3v) is 3.54. The predicted molar refractivity (Wildman–Crippen MR) is 87.6 cm³/mol. The van der Waals surface area contributed by atoms with Gasteiger partial charge in [0.25, 0.3) is 5.91 Å². The Morgan fingerprint density at radius 3 is 2.78 bits per heavy atom. The van der Waals surface area contributed by atoms with Crippen molar-refractivity contribution >= 4 is 29.3 Å². The fourth-order valence-corrected chi connectivity index (χ4v) is 2.49. The van der Waals surface area contributed by atoms with Gasteiger partial charge < -0.3 is 20.7 Å². The SMILES string of the molecule is CC(C)(C)OC(=O)N1CC[C@H](Nc2cc(Cl)ncc2C(N)=O)C1. The molecule has 126 valence electrons. The maximum absolute atomic E-state index is 12.1. The average molecular weight is 341 g/mol. The minimum atomic E-state index is -0.585. The van der Waals surface area contributed by atoms with Gasteiger partial charge in [0.15, 0.2) is 0 Å². The molecule has 1 saturated heterocycles. The van der Waals surface area contributed by atoms with E-state index in [1.165, 1.54) is 6.20 Å². The van der Waals surface area contributed by atoms with Crippen molar-refractivity contribution in [2.45, 2.75) is 38.8 Å². The molecule has 0 spiro atoms. The lowest BCUT2D eigenvalue weighted by molar-refractivity contribution is 0.0293. The van der Waals surface area contributed by atoms with Crippen LogP contribution in [0.5, 0.6) is 0 Å². The standard InChI is InChI=1S/C15H21ClN4O3/c1-15(2,3)23-14(22)20-5-4-9(8-20)19-11-6-12(16)18-7-10(11)13(17)21/h6-7,9H,4-5,8H2,1-3H3,(H2,17,21)(H,18,19)/t9-/m0/s1. The number of halogens is 1. The molecule has 23 heavy (non-hydrogen) atoms. The molecule has 1 atom stereocenters. The van der Waals surface area contributed by atoms with E-state index >= 15 is 0 Å². The molecule has 1 fully saturated rings. The van der Waals surface area contributed by atoms with Gasteiger partial charge in [0, 0.05) is 25.3 Å². The minimum Gasteiger partial charge on any atom is -0.444 e. The fourth-order valence-electron chi connectivity index (χ4n) is 2.34.